The van der Waals surface area contributed by atoms with Gasteiger partial charge in [-0.3, -0.25) is 0 Å². The number of hydrogen-bond donors (Lipinski definition) is 1. The van der Waals surface area contributed by atoms with E-state index in [2.05, 4.69) is 37.9 Å². The van der Waals surface area contributed by atoms with Gasteiger partial charge in [0.1, 0.15) is 0 Å². The minimum Gasteiger partial charge on any atom is -0.336 e. The predicted octanol–water partition coefficient (Wildman–Crippen LogP) is 2.39. The van der Waals surface area contributed by atoms with Gasteiger partial charge in [-0.1, -0.05) is 12.1 Å². The number of rotatable bonds is 2. The minimum absolute atomic E-state index is 0.109. The molecule has 2 N–H and O–H groups in total. The van der Waals surface area contributed by atoms with Crippen molar-refractivity contribution in [1.29, 1.82) is 0 Å². The molecule has 17 heavy (non-hydrogen) atoms. The van der Waals surface area contributed by atoms with Crippen molar-refractivity contribution in [3.8, 4) is 0 Å². The van der Waals surface area contributed by atoms with Gasteiger partial charge in [-0.25, -0.2) is 4.98 Å². The Morgan fingerprint density at radius 3 is 2.35 bits per heavy atom. The van der Waals surface area contributed by atoms with Crippen molar-refractivity contribution in [3.05, 3.63) is 52.6 Å². The van der Waals surface area contributed by atoms with E-state index in [1.807, 2.05) is 17.8 Å². The Hall–Kier alpha value is -1.61. The zero-order valence-electron chi connectivity index (χ0n) is 10.9. The Kier molecular flexibility index (Phi) is 3.03. The Morgan fingerprint density at radius 2 is 1.76 bits per heavy atom. The van der Waals surface area contributed by atoms with Gasteiger partial charge < -0.3 is 10.3 Å². The molecule has 1 atom stereocenters. The lowest BCUT2D eigenvalue weighted by atomic mass is 9.95. The summed E-state index contributed by atoms with van der Waals surface area (Å²) in [6.07, 6.45) is 3.62. The van der Waals surface area contributed by atoms with Gasteiger partial charge in [-0.15, -0.1) is 0 Å². The molecule has 3 nitrogen and oxygen atoms in total. The van der Waals surface area contributed by atoms with E-state index >= 15 is 0 Å². The van der Waals surface area contributed by atoms with Crippen LogP contribution in [0.2, 0.25) is 0 Å². The first-order valence-electron chi connectivity index (χ1n) is 5.80. The lowest BCUT2D eigenvalue weighted by Gasteiger charge is -2.17. The van der Waals surface area contributed by atoms with Crippen LogP contribution in [0, 0.1) is 20.8 Å². The van der Waals surface area contributed by atoms with Gasteiger partial charge in [0.05, 0.1) is 24.3 Å². The van der Waals surface area contributed by atoms with Gasteiger partial charge in [-0.2, -0.15) is 0 Å². The van der Waals surface area contributed by atoms with Gasteiger partial charge in [0.25, 0.3) is 0 Å². The van der Waals surface area contributed by atoms with Crippen molar-refractivity contribution < 1.29 is 0 Å². The van der Waals surface area contributed by atoms with Crippen LogP contribution >= 0.6 is 0 Å². The number of aromatic nitrogens is 2. The molecule has 0 saturated carbocycles. The van der Waals surface area contributed by atoms with Crippen molar-refractivity contribution in [3.63, 3.8) is 0 Å². The highest BCUT2D eigenvalue weighted by atomic mass is 15.0. The van der Waals surface area contributed by atoms with E-state index in [9.17, 15) is 0 Å². The summed E-state index contributed by atoms with van der Waals surface area (Å²) in [7, 11) is 1.97. The summed E-state index contributed by atoms with van der Waals surface area (Å²) in [5.74, 6) is 0. The Labute approximate surface area is 102 Å². The maximum atomic E-state index is 6.32. The number of imidazole rings is 1. The fraction of sp³-hybridized carbons (Fsp3) is 0.357. The molecule has 1 heterocycles. The molecule has 1 unspecified atom stereocenters. The van der Waals surface area contributed by atoms with E-state index < -0.39 is 0 Å². The van der Waals surface area contributed by atoms with Crippen molar-refractivity contribution in [2.24, 2.45) is 12.8 Å². The van der Waals surface area contributed by atoms with Crippen LogP contribution in [-0.4, -0.2) is 9.55 Å². The molecule has 0 aliphatic rings. The average Bonchev–Trinajstić information content (AvgIpc) is 2.69. The lowest BCUT2D eigenvalue weighted by molar-refractivity contribution is 0.741. The van der Waals surface area contributed by atoms with Crippen molar-refractivity contribution in [2.45, 2.75) is 26.8 Å². The highest BCUT2D eigenvalue weighted by Gasteiger charge is 2.15. The molecule has 0 radical (unpaired) electrons. The second kappa shape index (κ2) is 4.34. The molecule has 2 aromatic rings. The van der Waals surface area contributed by atoms with Crippen LogP contribution in [-0.2, 0) is 7.05 Å². The van der Waals surface area contributed by atoms with Gasteiger partial charge in [-0.05, 0) is 43.0 Å². The van der Waals surface area contributed by atoms with Gasteiger partial charge in [0.15, 0.2) is 0 Å². The molecule has 0 amide bonds. The summed E-state index contributed by atoms with van der Waals surface area (Å²) in [4.78, 5) is 4.12. The van der Waals surface area contributed by atoms with E-state index in [-0.39, 0.29) is 6.04 Å². The molecule has 0 spiro atoms. The first kappa shape index (κ1) is 11.9. The standard InChI is InChI=1S/C14H19N3/c1-9-5-11(3)12(6-10(9)2)14(15)13-7-16-8-17(13)4/h5-8,14H,15H2,1-4H3. The van der Waals surface area contributed by atoms with E-state index in [1.165, 1.54) is 22.3 Å². The third-order valence-electron chi connectivity index (χ3n) is 3.39. The maximum Gasteiger partial charge on any atom is 0.0946 e. The molecular formula is C14H19N3. The molecule has 0 fully saturated rings. The molecule has 0 bridgehead atoms. The smallest absolute Gasteiger partial charge is 0.0946 e. The summed E-state index contributed by atoms with van der Waals surface area (Å²) in [6.45, 7) is 6.36. The number of hydrogen-bond acceptors (Lipinski definition) is 2. The van der Waals surface area contributed by atoms with Gasteiger partial charge >= 0.3 is 0 Å². The molecule has 0 saturated heterocycles. The first-order valence-corrected chi connectivity index (χ1v) is 5.80. The summed E-state index contributed by atoms with van der Waals surface area (Å²) < 4.78 is 1.97. The molecule has 1 aromatic carbocycles. The van der Waals surface area contributed by atoms with Crippen LogP contribution in [0.4, 0.5) is 0 Å². The van der Waals surface area contributed by atoms with Crippen LogP contribution in [0.1, 0.15) is 34.0 Å². The van der Waals surface area contributed by atoms with Crippen LogP contribution in [0.3, 0.4) is 0 Å². The lowest BCUT2D eigenvalue weighted by Crippen LogP contribution is -2.16. The molecule has 90 valence electrons. The van der Waals surface area contributed by atoms with E-state index in [0.29, 0.717) is 0 Å². The summed E-state index contributed by atoms with van der Waals surface area (Å²) in [5, 5.41) is 0. The molecule has 0 aliphatic carbocycles. The van der Waals surface area contributed by atoms with Crippen molar-refractivity contribution in [2.75, 3.05) is 0 Å². The van der Waals surface area contributed by atoms with Crippen molar-refractivity contribution in [1.82, 2.24) is 9.55 Å². The normalized spacial score (nSPS) is 12.8. The number of aryl methyl sites for hydroxylation is 4. The van der Waals surface area contributed by atoms with E-state index in [1.54, 1.807) is 6.33 Å². The fourth-order valence-corrected chi connectivity index (χ4v) is 2.14. The zero-order chi connectivity index (χ0) is 12.6. The quantitative estimate of drug-likeness (QED) is 0.859. The van der Waals surface area contributed by atoms with Gasteiger partial charge in [0, 0.05) is 7.05 Å². The number of nitrogens with zero attached hydrogens (tertiary/aromatic N) is 2. The average molecular weight is 229 g/mol. The van der Waals surface area contributed by atoms with Gasteiger partial charge in [0.2, 0.25) is 0 Å². The molecular weight excluding hydrogens is 210 g/mol. The zero-order valence-corrected chi connectivity index (χ0v) is 10.9. The maximum absolute atomic E-state index is 6.32. The van der Waals surface area contributed by atoms with E-state index in [4.69, 9.17) is 5.73 Å². The SMILES string of the molecule is Cc1cc(C)c(C(N)c2cncn2C)cc1C. The Bertz CT molecular complexity index is 540. The molecule has 3 heteroatoms. The monoisotopic (exact) mass is 229 g/mol. The number of nitrogens with two attached hydrogens (primary N) is 1. The van der Waals surface area contributed by atoms with Crippen LogP contribution in [0.25, 0.3) is 0 Å². The topological polar surface area (TPSA) is 43.8 Å². The first-order chi connectivity index (χ1) is 8.00. The fourth-order valence-electron chi connectivity index (χ4n) is 2.14. The highest BCUT2D eigenvalue weighted by Crippen LogP contribution is 2.24. The summed E-state index contributed by atoms with van der Waals surface area (Å²) in [5.41, 5.74) is 12.4. The third-order valence-corrected chi connectivity index (χ3v) is 3.39. The van der Waals surface area contributed by atoms with Crippen molar-refractivity contribution >= 4 is 0 Å². The third kappa shape index (κ3) is 2.11. The van der Waals surface area contributed by atoms with Crippen LogP contribution < -0.4 is 5.73 Å². The van der Waals surface area contributed by atoms with E-state index in [0.717, 1.165) is 5.69 Å². The predicted molar refractivity (Wildman–Crippen MR) is 69.9 cm³/mol. The molecule has 2 rings (SSSR count). The largest absolute Gasteiger partial charge is 0.336 e. The minimum atomic E-state index is -0.109. The van der Waals surface area contributed by atoms with Crippen LogP contribution in [0.5, 0.6) is 0 Å². The molecule has 0 aliphatic heterocycles. The second-order valence-corrected chi connectivity index (χ2v) is 4.70. The summed E-state index contributed by atoms with van der Waals surface area (Å²) in [6, 6.07) is 4.27. The number of benzene rings is 1. The molecule has 1 aromatic heterocycles. The summed E-state index contributed by atoms with van der Waals surface area (Å²) >= 11 is 0. The Balaban J connectivity index is 2.48. The Morgan fingerprint density at radius 1 is 1.12 bits per heavy atom. The van der Waals surface area contributed by atoms with Crippen LogP contribution in [0.15, 0.2) is 24.7 Å². The highest BCUT2D eigenvalue weighted by molar-refractivity contribution is 5.40. The second-order valence-electron chi connectivity index (χ2n) is 4.70.